The van der Waals surface area contributed by atoms with Gasteiger partial charge in [0.05, 0.1) is 0 Å². The molecule has 94 valence electrons. The fraction of sp³-hybridized carbons (Fsp3) is 0.500. The van der Waals surface area contributed by atoms with Gasteiger partial charge in [-0.3, -0.25) is 4.79 Å². The second-order valence-electron chi connectivity index (χ2n) is 4.83. The summed E-state index contributed by atoms with van der Waals surface area (Å²) in [4.78, 5) is 11.6. The number of carbonyl (C=O) groups excluding carboxylic acids is 1. The zero-order valence-corrected chi connectivity index (χ0v) is 11.4. The average Bonchev–Trinajstić information content (AvgIpc) is 2.18. The first-order valence-electron chi connectivity index (χ1n) is 6.00. The number of hydrogen-bond acceptors (Lipinski definition) is 1. The molecule has 0 aliphatic heterocycles. The Morgan fingerprint density at radius 2 is 1.82 bits per heavy atom. The Balaban J connectivity index is 2.53. The summed E-state index contributed by atoms with van der Waals surface area (Å²) < 4.78 is 0. The van der Waals surface area contributed by atoms with Crippen molar-refractivity contribution in [2.75, 3.05) is 5.32 Å². The summed E-state index contributed by atoms with van der Waals surface area (Å²) >= 11 is 5.92. The standard InChI is InChI=1S/C14H20ClNO/c1-10(2)8-14(17)16-13-6-4-12(5-7-13)9-11(3)15/h4-7,10-11H,8-9H2,1-3H3,(H,16,17). The normalized spacial score (nSPS) is 12.5. The lowest BCUT2D eigenvalue weighted by Crippen LogP contribution is -2.13. The number of nitrogens with one attached hydrogen (secondary N) is 1. The van der Waals surface area contributed by atoms with Crippen molar-refractivity contribution in [2.24, 2.45) is 5.92 Å². The van der Waals surface area contributed by atoms with Crippen LogP contribution in [-0.4, -0.2) is 11.3 Å². The quantitative estimate of drug-likeness (QED) is 0.794. The Kier molecular flexibility index (Phi) is 5.49. The molecule has 2 nitrogen and oxygen atoms in total. The Morgan fingerprint density at radius 1 is 1.24 bits per heavy atom. The summed E-state index contributed by atoms with van der Waals surface area (Å²) in [6.07, 6.45) is 1.41. The van der Waals surface area contributed by atoms with Crippen molar-refractivity contribution in [3.63, 3.8) is 0 Å². The van der Waals surface area contributed by atoms with E-state index in [1.165, 1.54) is 5.56 Å². The predicted molar refractivity (Wildman–Crippen MR) is 73.5 cm³/mol. The van der Waals surface area contributed by atoms with Gasteiger partial charge in [0, 0.05) is 17.5 Å². The van der Waals surface area contributed by atoms with Crippen LogP contribution in [0.4, 0.5) is 5.69 Å². The van der Waals surface area contributed by atoms with Gasteiger partial charge in [-0.2, -0.15) is 0 Å². The molecule has 0 aromatic heterocycles. The molecule has 17 heavy (non-hydrogen) atoms. The van der Waals surface area contributed by atoms with Gasteiger partial charge < -0.3 is 5.32 Å². The highest BCUT2D eigenvalue weighted by atomic mass is 35.5. The molecule has 1 N–H and O–H groups in total. The highest BCUT2D eigenvalue weighted by molar-refractivity contribution is 6.20. The number of alkyl halides is 1. The minimum atomic E-state index is 0.0680. The maximum Gasteiger partial charge on any atom is 0.224 e. The van der Waals surface area contributed by atoms with Crippen LogP contribution in [0.1, 0.15) is 32.8 Å². The number of halogens is 1. The van der Waals surface area contributed by atoms with Crippen molar-refractivity contribution in [3.8, 4) is 0 Å². The van der Waals surface area contributed by atoms with Gasteiger partial charge in [-0.05, 0) is 37.0 Å². The van der Waals surface area contributed by atoms with Gasteiger partial charge in [-0.15, -0.1) is 11.6 Å². The first kappa shape index (κ1) is 14.0. The van der Waals surface area contributed by atoms with E-state index in [0.717, 1.165) is 12.1 Å². The highest BCUT2D eigenvalue weighted by Crippen LogP contribution is 2.13. The Hall–Kier alpha value is -1.02. The van der Waals surface area contributed by atoms with Crippen molar-refractivity contribution < 1.29 is 4.79 Å². The number of hydrogen-bond donors (Lipinski definition) is 1. The van der Waals surface area contributed by atoms with E-state index >= 15 is 0 Å². The van der Waals surface area contributed by atoms with Gasteiger partial charge in [0.1, 0.15) is 0 Å². The van der Waals surface area contributed by atoms with Crippen LogP contribution >= 0.6 is 11.6 Å². The zero-order chi connectivity index (χ0) is 12.8. The van der Waals surface area contributed by atoms with Crippen molar-refractivity contribution in [2.45, 2.75) is 39.0 Å². The average molecular weight is 254 g/mol. The summed E-state index contributed by atoms with van der Waals surface area (Å²) in [5.74, 6) is 0.449. The van der Waals surface area contributed by atoms with Crippen LogP contribution in [0.2, 0.25) is 0 Å². The molecule has 0 saturated carbocycles. The van der Waals surface area contributed by atoms with Crippen LogP contribution in [0, 0.1) is 5.92 Å². The summed E-state index contributed by atoms with van der Waals surface area (Å²) in [6.45, 7) is 6.04. The van der Waals surface area contributed by atoms with E-state index in [9.17, 15) is 4.79 Å². The molecule has 0 fully saturated rings. The maximum absolute atomic E-state index is 11.6. The van der Waals surface area contributed by atoms with E-state index in [-0.39, 0.29) is 11.3 Å². The first-order valence-corrected chi connectivity index (χ1v) is 6.44. The first-order chi connectivity index (χ1) is 7.97. The lowest BCUT2D eigenvalue weighted by molar-refractivity contribution is -0.116. The van der Waals surface area contributed by atoms with Crippen LogP contribution in [0.3, 0.4) is 0 Å². The van der Waals surface area contributed by atoms with Crippen molar-refractivity contribution in [1.82, 2.24) is 0 Å². The Morgan fingerprint density at radius 3 is 2.29 bits per heavy atom. The topological polar surface area (TPSA) is 29.1 Å². The third-order valence-corrected chi connectivity index (χ3v) is 2.50. The third kappa shape index (κ3) is 5.73. The second-order valence-corrected chi connectivity index (χ2v) is 5.57. The minimum absolute atomic E-state index is 0.0680. The summed E-state index contributed by atoms with van der Waals surface area (Å²) in [5, 5.41) is 3.02. The number of benzene rings is 1. The van der Waals surface area contributed by atoms with Gasteiger partial charge in [0.15, 0.2) is 0 Å². The summed E-state index contributed by atoms with van der Waals surface area (Å²) in [6, 6.07) is 7.85. The second kappa shape index (κ2) is 6.65. The molecule has 3 heteroatoms. The molecule has 0 bridgehead atoms. The smallest absolute Gasteiger partial charge is 0.224 e. The number of rotatable bonds is 5. The molecule has 0 saturated heterocycles. The van der Waals surface area contributed by atoms with Crippen molar-refractivity contribution in [1.29, 1.82) is 0 Å². The Bertz CT molecular complexity index is 357. The lowest BCUT2D eigenvalue weighted by Gasteiger charge is -2.08. The molecule has 1 aromatic rings. The van der Waals surface area contributed by atoms with Gasteiger partial charge in [0.25, 0.3) is 0 Å². The molecule has 0 spiro atoms. The SMILES string of the molecule is CC(C)CC(=O)Nc1ccc(CC(C)Cl)cc1. The van der Waals surface area contributed by atoms with Gasteiger partial charge >= 0.3 is 0 Å². The Labute approximate surface area is 108 Å². The molecule has 1 rings (SSSR count). The number of carbonyl (C=O) groups is 1. The van der Waals surface area contributed by atoms with Crippen LogP contribution in [0.25, 0.3) is 0 Å². The van der Waals surface area contributed by atoms with Crippen LogP contribution in [0.15, 0.2) is 24.3 Å². The fourth-order valence-corrected chi connectivity index (χ4v) is 1.81. The van der Waals surface area contributed by atoms with E-state index < -0.39 is 0 Å². The maximum atomic E-state index is 11.6. The van der Waals surface area contributed by atoms with Crippen molar-refractivity contribution in [3.05, 3.63) is 29.8 Å². The van der Waals surface area contributed by atoms with E-state index in [1.54, 1.807) is 0 Å². The predicted octanol–water partition coefficient (Wildman–Crippen LogP) is 3.84. The van der Waals surface area contributed by atoms with Gasteiger partial charge in [-0.25, -0.2) is 0 Å². The van der Waals surface area contributed by atoms with E-state index in [0.29, 0.717) is 12.3 Å². The monoisotopic (exact) mass is 253 g/mol. The van der Waals surface area contributed by atoms with Crippen molar-refractivity contribution >= 4 is 23.2 Å². The molecule has 1 atom stereocenters. The third-order valence-electron chi connectivity index (χ3n) is 2.35. The zero-order valence-electron chi connectivity index (χ0n) is 10.7. The summed E-state index contributed by atoms with van der Waals surface area (Å²) in [7, 11) is 0. The minimum Gasteiger partial charge on any atom is -0.326 e. The molecule has 0 aliphatic rings. The number of amides is 1. The van der Waals surface area contributed by atoms with Crippen LogP contribution in [0.5, 0.6) is 0 Å². The highest BCUT2D eigenvalue weighted by Gasteiger charge is 2.05. The van der Waals surface area contributed by atoms with Gasteiger partial charge in [0.2, 0.25) is 5.91 Å². The molecule has 1 unspecified atom stereocenters. The van der Waals surface area contributed by atoms with Crippen LogP contribution < -0.4 is 5.32 Å². The summed E-state index contributed by atoms with van der Waals surface area (Å²) in [5.41, 5.74) is 2.04. The van der Waals surface area contributed by atoms with Crippen LogP contribution in [-0.2, 0) is 11.2 Å². The van der Waals surface area contributed by atoms with E-state index in [2.05, 4.69) is 5.32 Å². The molecule has 1 aromatic carbocycles. The molecule has 1 amide bonds. The lowest BCUT2D eigenvalue weighted by atomic mass is 10.1. The molecular weight excluding hydrogens is 234 g/mol. The van der Waals surface area contributed by atoms with Gasteiger partial charge in [-0.1, -0.05) is 26.0 Å². The number of anilines is 1. The fourth-order valence-electron chi connectivity index (χ4n) is 1.63. The molecular formula is C14H20ClNO. The largest absolute Gasteiger partial charge is 0.326 e. The van der Waals surface area contributed by atoms with E-state index in [1.807, 2.05) is 45.0 Å². The van der Waals surface area contributed by atoms with E-state index in [4.69, 9.17) is 11.6 Å². The molecule has 0 heterocycles. The molecule has 0 aliphatic carbocycles. The molecule has 0 radical (unpaired) electrons.